The highest BCUT2D eigenvalue weighted by Gasteiger charge is 2.02. The number of aliphatic imine (C=N–C) groups is 1. The number of isocyanates is 1. The van der Waals surface area contributed by atoms with Crippen molar-refractivity contribution in [2.45, 2.75) is 6.92 Å². The highest BCUT2D eigenvalue weighted by atomic mass is 35.5. The van der Waals surface area contributed by atoms with E-state index in [1.54, 1.807) is 18.2 Å². The second-order valence-electron chi connectivity index (χ2n) is 2.80. The highest BCUT2D eigenvalue weighted by molar-refractivity contribution is 6.31. The molecule has 1 rings (SSSR count). The standard InChI is InChI=1S/C10H8ClNO3/c1-7-4-8(2-3-9(7)11)15-5-10(14)12-6-13/h2-4H,5H2,1H3. The van der Waals surface area contributed by atoms with Crippen molar-refractivity contribution < 1.29 is 14.3 Å². The summed E-state index contributed by atoms with van der Waals surface area (Å²) in [6, 6.07) is 4.99. The molecular weight excluding hydrogens is 218 g/mol. The minimum Gasteiger partial charge on any atom is -0.484 e. The normalized spacial score (nSPS) is 9.20. The van der Waals surface area contributed by atoms with E-state index in [9.17, 15) is 9.59 Å². The summed E-state index contributed by atoms with van der Waals surface area (Å²) in [6.07, 6.45) is 1.15. The molecule has 5 heteroatoms. The van der Waals surface area contributed by atoms with E-state index < -0.39 is 5.91 Å². The molecule has 0 aromatic heterocycles. The molecule has 0 N–H and O–H groups in total. The van der Waals surface area contributed by atoms with Crippen LogP contribution in [0.1, 0.15) is 5.56 Å². The molecule has 0 spiro atoms. The van der Waals surface area contributed by atoms with Gasteiger partial charge in [0.2, 0.25) is 6.08 Å². The van der Waals surface area contributed by atoms with E-state index in [4.69, 9.17) is 16.3 Å². The van der Waals surface area contributed by atoms with Crippen LogP contribution in [0.15, 0.2) is 23.2 Å². The molecule has 0 bridgehead atoms. The summed E-state index contributed by atoms with van der Waals surface area (Å²) >= 11 is 5.80. The summed E-state index contributed by atoms with van der Waals surface area (Å²) in [4.78, 5) is 23.4. The molecule has 0 radical (unpaired) electrons. The molecule has 0 heterocycles. The van der Waals surface area contributed by atoms with Crippen molar-refractivity contribution >= 4 is 23.6 Å². The second-order valence-corrected chi connectivity index (χ2v) is 3.20. The van der Waals surface area contributed by atoms with Gasteiger partial charge in [-0.15, -0.1) is 4.99 Å². The maximum Gasteiger partial charge on any atom is 0.294 e. The molecule has 0 aliphatic heterocycles. The van der Waals surface area contributed by atoms with Crippen molar-refractivity contribution in [3.8, 4) is 5.75 Å². The summed E-state index contributed by atoms with van der Waals surface area (Å²) in [7, 11) is 0. The summed E-state index contributed by atoms with van der Waals surface area (Å²) in [5.74, 6) is -0.163. The van der Waals surface area contributed by atoms with Crippen LogP contribution in [-0.4, -0.2) is 18.6 Å². The number of hydrogen-bond acceptors (Lipinski definition) is 3. The summed E-state index contributed by atoms with van der Waals surface area (Å²) in [5.41, 5.74) is 0.848. The second kappa shape index (κ2) is 5.29. The van der Waals surface area contributed by atoms with Gasteiger partial charge < -0.3 is 4.74 Å². The Morgan fingerprint density at radius 3 is 2.93 bits per heavy atom. The highest BCUT2D eigenvalue weighted by Crippen LogP contribution is 2.20. The fourth-order valence-corrected chi connectivity index (χ4v) is 1.05. The third kappa shape index (κ3) is 3.54. The molecular formula is C10H8ClNO3. The Morgan fingerprint density at radius 1 is 1.60 bits per heavy atom. The van der Waals surface area contributed by atoms with E-state index in [1.807, 2.05) is 6.92 Å². The van der Waals surface area contributed by atoms with Gasteiger partial charge in [-0.3, -0.25) is 4.79 Å². The van der Waals surface area contributed by atoms with Crippen molar-refractivity contribution in [1.82, 2.24) is 0 Å². The van der Waals surface area contributed by atoms with Crippen molar-refractivity contribution in [2.24, 2.45) is 4.99 Å². The van der Waals surface area contributed by atoms with Gasteiger partial charge in [0.05, 0.1) is 0 Å². The minimum absolute atomic E-state index is 0.281. The maximum absolute atomic E-state index is 10.8. The monoisotopic (exact) mass is 225 g/mol. The van der Waals surface area contributed by atoms with E-state index in [2.05, 4.69) is 4.99 Å². The van der Waals surface area contributed by atoms with E-state index in [1.165, 1.54) is 0 Å². The number of carbonyl (C=O) groups is 1. The lowest BCUT2D eigenvalue weighted by Gasteiger charge is -2.04. The lowest BCUT2D eigenvalue weighted by Crippen LogP contribution is -2.08. The number of aryl methyl sites for hydroxylation is 1. The average Bonchev–Trinajstić information content (AvgIpc) is 2.20. The zero-order valence-electron chi connectivity index (χ0n) is 7.99. The number of benzene rings is 1. The number of rotatable bonds is 3. The van der Waals surface area contributed by atoms with Crippen molar-refractivity contribution in [2.75, 3.05) is 6.61 Å². The number of carbonyl (C=O) groups excluding carboxylic acids is 2. The van der Waals surface area contributed by atoms with Crippen LogP contribution in [0.3, 0.4) is 0 Å². The van der Waals surface area contributed by atoms with Gasteiger partial charge in [0.1, 0.15) is 5.75 Å². The zero-order valence-corrected chi connectivity index (χ0v) is 8.75. The quantitative estimate of drug-likeness (QED) is 0.583. The Hall–Kier alpha value is -1.64. The molecule has 78 valence electrons. The maximum atomic E-state index is 10.8. The van der Waals surface area contributed by atoms with Gasteiger partial charge in [-0.25, -0.2) is 4.79 Å². The SMILES string of the molecule is Cc1cc(OCC(=O)N=C=O)ccc1Cl. The van der Waals surface area contributed by atoms with Crippen LogP contribution >= 0.6 is 11.6 Å². The summed E-state index contributed by atoms with van der Waals surface area (Å²) < 4.78 is 5.08. The molecule has 0 atom stereocenters. The predicted molar refractivity (Wildman–Crippen MR) is 54.8 cm³/mol. The Labute approximate surface area is 91.5 Å². The first-order chi connectivity index (χ1) is 7.13. The first kappa shape index (κ1) is 11.4. The van der Waals surface area contributed by atoms with Crippen LogP contribution in [0.25, 0.3) is 0 Å². The molecule has 4 nitrogen and oxygen atoms in total. The molecule has 15 heavy (non-hydrogen) atoms. The summed E-state index contributed by atoms with van der Waals surface area (Å²) in [5, 5.41) is 0.625. The van der Waals surface area contributed by atoms with Crippen LogP contribution in [0.5, 0.6) is 5.75 Å². The van der Waals surface area contributed by atoms with Crippen molar-refractivity contribution in [3.05, 3.63) is 28.8 Å². The largest absolute Gasteiger partial charge is 0.484 e. The minimum atomic E-state index is -0.669. The number of ether oxygens (including phenoxy) is 1. The smallest absolute Gasteiger partial charge is 0.294 e. The number of amides is 1. The first-order valence-electron chi connectivity index (χ1n) is 4.13. The van der Waals surface area contributed by atoms with Gasteiger partial charge in [-0.1, -0.05) is 11.6 Å². The third-order valence-electron chi connectivity index (χ3n) is 1.66. The van der Waals surface area contributed by atoms with E-state index in [-0.39, 0.29) is 6.61 Å². The van der Waals surface area contributed by atoms with Crippen LogP contribution in [-0.2, 0) is 9.59 Å². The molecule has 0 aliphatic rings. The van der Waals surface area contributed by atoms with Crippen LogP contribution in [0.2, 0.25) is 5.02 Å². The zero-order chi connectivity index (χ0) is 11.3. The lowest BCUT2D eigenvalue weighted by molar-refractivity contribution is -0.119. The number of halogens is 1. The molecule has 1 amide bonds. The Balaban J connectivity index is 2.62. The van der Waals surface area contributed by atoms with Crippen LogP contribution in [0.4, 0.5) is 0 Å². The Bertz CT molecular complexity index is 425. The van der Waals surface area contributed by atoms with Gasteiger partial charge in [0.25, 0.3) is 5.91 Å². The van der Waals surface area contributed by atoms with Crippen LogP contribution in [0, 0.1) is 6.92 Å². The predicted octanol–water partition coefficient (Wildman–Crippen LogP) is 1.89. The molecule has 0 aliphatic carbocycles. The molecule has 0 saturated heterocycles. The number of hydrogen-bond donors (Lipinski definition) is 0. The van der Waals surface area contributed by atoms with Gasteiger partial charge >= 0.3 is 0 Å². The van der Waals surface area contributed by atoms with Crippen molar-refractivity contribution in [3.63, 3.8) is 0 Å². The number of nitrogens with zero attached hydrogens (tertiary/aromatic N) is 1. The fraction of sp³-hybridized carbons (Fsp3) is 0.200. The first-order valence-corrected chi connectivity index (χ1v) is 4.51. The molecule has 0 fully saturated rings. The van der Waals surface area contributed by atoms with E-state index >= 15 is 0 Å². The topological polar surface area (TPSA) is 55.7 Å². The fourth-order valence-electron chi connectivity index (χ4n) is 0.935. The van der Waals surface area contributed by atoms with Crippen LogP contribution < -0.4 is 4.74 Å². The third-order valence-corrected chi connectivity index (χ3v) is 2.09. The Morgan fingerprint density at radius 2 is 2.33 bits per heavy atom. The van der Waals surface area contributed by atoms with Gasteiger partial charge in [-0.2, -0.15) is 0 Å². The lowest BCUT2D eigenvalue weighted by atomic mass is 10.2. The van der Waals surface area contributed by atoms with Gasteiger partial charge in [0.15, 0.2) is 6.61 Å². The molecule has 1 aromatic carbocycles. The Kier molecular flexibility index (Phi) is 4.03. The molecule has 0 saturated carbocycles. The van der Waals surface area contributed by atoms with E-state index in [0.717, 1.165) is 11.6 Å². The molecule has 0 unspecified atom stereocenters. The molecule has 1 aromatic rings. The van der Waals surface area contributed by atoms with Crippen molar-refractivity contribution in [1.29, 1.82) is 0 Å². The van der Waals surface area contributed by atoms with Gasteiger partial charge in [-0.05, 0) is 30.7 Å². The van der Waals surface area contributed by atoms with E-state index in [0.29, 0.717) is 10.8 Å². The average molecular weight is 226 g/mol. The summed E-state index contributed by atoms with van der Waals surface area (Å²) in [6.45, 7) is 1.54. The van der Waals surface area contributed by atoms with Gasteiger partial charge in [0, 0.05) is 5.02 Å².